The molecule has 2 aromatic carbocycles. The molecule has 0 nitrogen and oxygen atoms in total. The molecule has 0 amide bonds. The Morgan fingerprint density at radius 3 is 1.45 bits per heavy atom. The molecule has 5 rings (SSSR count). The molecule has 0 aliphatic rings. The summed E-state index contributed by atoms with van der Waals surface area (Å²) in [5.74, 6) is 0. The van der Waals surface area contributed by atoms with Crippen LogP contribution in [-0.2, 0) is 12.8 Å². The van der Waals surface area contributed by atoms with E-state index in [1.54, 1.807) is 9.75 Å². The van der Waals surface area contributed by atoms with Crippen molar-refractivity contribution in [3.05, 3.63) is 46.2 Å². The fourth-order valence-electron chi connectivity index (χ4n) is 4.30. The maximum atomic E-state index is 2.45. The highest BCUT2D eigenvalue weighted by atomic mass is 32.1. The van der Waals surface area contributed by atoms with Gasteiger partial charge in [0.25, 0.3) is 0 Å². The summed E-state index contributed by atoms with van der Waals surface area (Å²) >= 11 is 5.96. The van der Waals surface area contributed by atoms with Gasteiger partial charge in [-0.05, 0) is 72.9 Å². The van der Waals surface area contributed by atoms with Gasteiger partial charge in [0.05, 0.1) is 0 Å². The topological polar surface area (TPSA) is 0 Å². The Kier molecular flexibility index (Phi) is 5.64. The van der Waals surface area contributed by atoms with Crippen LogP contribution in [0.5, 0.6) is 0 Å². The van der Waals surface area contributed by atoms with E-state index in [1.807, 2.05) is 34.0 Å². The summed E-state index contributed by atoms with van der Waals surface area (Å²) < 4.78 is 5.79. The van der Waals surface area contributed by atoms with Crippen LogP contribution in [0.2, 0.25) is 0 Å². The van der Waals surface area contributed by atoms with Crippen molar-refractivity contribution in [3.63, 3.8) is 0 Å². The van der Waals surface area contributed by atoms with Crippen LogP contribution in [0.15, 0.2) is 36.4 Å². The van der Waals surface area contributed by atoms with Gasteiger partial charge in [0.1, 0.15) is 0 Å². The molecule has 0 aliphatic carbocycles. The molecule has 0 aliphatic heterocycles. The smallest absolute Gasteiger partial charge is 0.0369 e. The third kappa shape index (κ3) is 3.85. The van der Waals surface area contributed by atoms with Crippen LogP contribution < -0.4 is 0 Å². The Balaban J connectivity index is 1.53. The van der Waals surface area contributed by atoms with Gasteiger partial charge in [0.2, 0.25) is 0 Å². The van der Waals surface area contributed by atoms with Gasteiger partial charge in [-0.3, -0.25) is 0 Å². The van der Waals surface area contributed by atoms with E-state index >= 15 is 0 Å². The van der Waals surface area contributed by atoms with Gasteiger partial charge in [0, 0.05) is 39.3 Å². The molecule has 5 aromatic rings. The lowest BCUT2D eigenvalue weighted by molar-refractivity contribution is 0.723. The van der Waals surface area contributed by atoms with Crippen molar-refractivity contribution in [1.29, 1.82) is 0 Å². The fourth-order valence-corrected chi connectivity index (χ4v) is 7.85. The third-order valence-corrected chi connectivity index (χ3v) is 9.33. The molecule has 0 fully saturated rings. The standard InChI is InChI=1S/C26H28S3/c1-3-5-7-9-19-11-17-13-21-22-14-18-12-20(10-8-6-4-2)28-24(18)16-26(22)29-25(21)15-23(17)27-19/h11-16H,3-10H2,1-2H3. The molecule has 3 heterocycles. The van der Waals surface area contributed by atoms with E-state index in [9.17, 15) is 0 Å². The van der Waals surface area contributed by atoms with E-state index < -0.39 is 0 Å². The molecule has 0 bridgehead atoms. The molecular weight excluding hydrogens is 408 g/mol. The summed E-state index contributed by atoms with van der Waals surface area (Å²) in [7, 11) is 0. The molecule has 3 heteroatoms. The number of thiophene rings is 3. The minimum Gasteiger partial charge on any atom is -0.140 e. The van der Waals surface area contributed by atoms with Crippen molar-refractivity contribution in [2.75, 3.05) is 0 Å². The van der Waals surface area contributed by atoms with Crippen LogP contribution in [-0.4, -0.2) is 0 Å². The van der Waals surface area contributed by atoms with E-state index in [4.69, 9.17) is 0 Å². The molecule has 0 radical (unpaired) electrons. The Morgan fingerprint density at radius 2 is 1.00 bits per heavy atom. The maximum absolute atomic E-state index is 2.45. The minimum atomic E-state index is 1.23. The van der Waals surface area contributed by atoms with Gasteiger partial charge in [-0.1, -0.05) is 39.5 Å². The summed E-state index contributed by atoms with van der Waals surface area (Å²) in [4.78, 5) is 3.10. The van der Waals surface area contributed by atoms with Crippen molar-refractivity contribution < 1.29 is 0 Å². The first-order chi connectivity index (χ1) is 14.2. The van der Waals surface area contributed by atoms with Crippen LogP contribution in [0, 0.1) is 0 Å². The van der Waals surface area contributed by atoms with E-state index in [1.165, 1.54) is 91.7 Å². The first-order valence-electron chi connectivity index (χ1n) is 11.1. The highest BCUT2D eigenvalue weighted by molar-refractivity contribution is 7.27. The van der Waals surface area contributed by atoms with Crippen molar-refractivity contribution in [1.82, 2.24) is 0 Å². The summed E-state index contributed by atoms with van der Waals surface area (Å²) in [6.45, 7) is 4.56. The van der Waals surface area contributed by atoms with Crippen LogP contribution in [0.3, 0.4) is 0 Å². The number of fused-ring (bicyclic) bond motifs is 5. The van der Waals surface area contributed by atoms with Crippen molar-refractivity contribution in [2.45, 2.75) is 65.2 Å². The van der Waals surface area contributed by atoms with E-state index in [0.29, 0.717) is 0 Å². The average Bonchev–Trinajstić information content (AvgIpc) is 3.38. The summed E-state index contributed by atoms with van der Waals surface area (Å²) in [5.41, 5.74) is 0. The van der Waals surface area contributed by atoms with Gasteiger partial charge in [-0.2, -0.15) is 0 Å². The van der Waals surface area contributed by atoms with E-state index in [2.05, 4.69) is 50.2 Å². The third-order valence-electron chi connectivity index (χ3n) is 5.90. The van der Waals surface area contributed by atoms with Gasteiger partial charge in [-0.25, -0.2) is 0 Å². The lowest BCUT2D eigenvalue weighted by atomic mass is 10.1. The lowest BCUT2D eigenvalue weighted by Crippen LogP contribution is -1.78. The molecule has 0 N–H and O–H groups in total. The monoisotopic (exact) mass is 436 g/mol. The molecule has 0 saturated heterocycles. The van der Waals surface area contributed by atoms with Crippen LogP contribution in [0.1, 0.15) is 62.1 Å². The summed E-state index contributed by atoms with van der Waals surface area (Å²) in [6.07, 6.45) is 10.4. The molecule has 0 spiro atoms. The molecule has 3 aromatic heterocycles. The van der Waals surface area contributed by atoms with Gasteiger partial charge in [0.15, 0.2) is 0 Å². The second-order valence-corrected chi connectivity index (χ2v) is 11.6. The van der Waals surface area contributed by atoms with Crippen LogP contribution in [0.25, 0.3) is 40.3 Å². The summed E-state index contributed by atoms with van der Waals surface area (Å²) in [5, 5.41) is 5.74. The highest BCUT2D eigenvalue weighted by Gasteiger charge is 2.12. The molecule has 0 unspecified atom stereocenters. The Morgan fingerprint density at radius 1 is 0.517 bits per heavy atom. The number of rotatable bonds is 8. The van der Waals surface area contributed by atoms with Gasteiger partial charge >= 0.3 is 0 Å². The van der Waals surface area contributed by atoms with Crippen molar-refractivity contribution >= 4 is 74.4 Å². The first-order valence-corrected chi connectivity index (χ1v) is 13.5. The average molecular weight is 437 g/mol. The van der Waals surface area contributed by atoms with E-state index in [-0.39, 0.29) is 0 Å². The second-order valence-electron chi connectivity index (χ2n) is 8.21. The van der Waals surface area contributed by atoms with Crippen molar-refractivity contribution in [3.8, 4) is 0 Å². The molecule has 0 atom stereocenters. The number of unbranched alkanes of at least 4 members (excludes halogenated alkanes) is 4. The highest BCUT2D eigenvalue weighted by Crippen LogP contribution is 2.42. The predicted octanol–water partition coefficient (Wildman–Crippen LogP) is 9.95. The minimum absolute atomic E-state index is 1.23. The number of hydrogen-bond donors (Lipinski definition) is 0. The fraction of sp³-hybridized carbons (Fsp3) is 0.385. The Hall–Kier alpha value is -1.42. The normalized spacial score (nSPS) is 12.2. The van der Waals surface area contributed by atoms with Gasteiger partial charge in [-0.15, -0.1) is 34.0 Å². The largest absolute Gasteiger partial charge is 0.140 e. The maximum Gasteiger partial charge on any atom is 0.0369 e. The summed E-state index contributed by atoms with van der Waals surface area (Å²) in [6, 6.07) is 14.6. The second kappa shape index (κ2) is 8.37. The first kappa shape index (κ1) is 19.5. The van der Waals surface area contributed by atoms with Crippen molar-refractivity contribution in [2.24, 2.45) is 0 Å². The van der Waals surface area contributed by atoms with Gasteiger partial charge < -0.3 is 0 Å². The van der Waals surface area contributed by atoms with Crippen LogP contribution in [0.4, 0.5) is 0 Å². The predicted molar refractivity (Wildman–Crippen MR) is 137 cm³/mol. The quantitative estimate of drug-likeness (QED) is 0.212. The molecule has 150 valence electrons. The lowest BCUT2D eigenvalue weighted by Gasteiger charge is -1.94. The SMILES string of the molecule is CCCCCc1cc2cc3c(cc2s1)sc1cc2sc(CCCCC)cc2cc13. The Bertz CT molecular complexity index is 1180. The van der Waals surface area contributed by atoms with Crippen LogP contribution >= 0.6 is 34.0 Å². The zero-order valence-corrected chi connectivity index (χ0v) is 19.8. The number of benzene rings is 2. The number of hydrogen-bond acceptors (Lipinski definition) is 3. The van der Waals surface area contributed by atoms with E-state index in [0.717, 1.165) is 0 Å². The number of aryl methyl sites for hydroxylation is 2. The zero-order chi connectivity index (χ0) is 19.8. The Labute approximate surface area is 185 Å². The molecule has 29 heavy (non-hydrogen) atoms. The zero-order valence-electron chi connectivity index (χ0n) is 17.3. The molecular formula is C26H28S3. The molecule has 0 saturated carbocycles.